The van der Waals surface area contributed by atoms with Gasteiger partial charge in [0.05, 0.1) is 17.2 Å². The number of carbonyl (C=O) groups excluding carboxylic acids is 3. The molecule has 0 radical (unpaired) electrons. The number of rotatable bonds is 2. The summed E-state index contributed by atoms with van der Waals surface area (Å²) in [6.45, 7) is 1.52. The minimum Gasteiger partial charge on any atom is -0.371 e. The van der Waals surface area contributed by atoms with Crippen LogP contribution in [0, 0.1) is 5.92 Å². The van der Waals surface area contributed by atoms with Crippen molar-refractivity contribution in [2.24, 2.45) is 5.92 Å². The van der Waals surface area contributed by atoms with Crippen LogP contribution in [-0.4, -0.2) is 37.7 Å². The van der Waals surface area contributed by atoms with Crippen LogP contribution in [0.3, 0.4) is 0 Å². The number of hydrogen-bond donors (Lipinski definition) is 2. The lowest BCUT2D eigenvalue weighted by Crippen LogP contribution is -2.42. The molecule has 1 fully saturated rings. The lowest BCUT2D eigenvalue weighted by molar-refractivity contribution is -0.124. The highest BCUT2D eigenvalue weighted by Crippen LogP contribution is 2.30. The molecule has 21 heavy (non-hydrogen) atoms. The van der Waals surface area contributed by atoms with Gasteiger partial charge >= 0.3 is 0 Å². The number of amides is 2. The van der Waals surface area contributed by atoms with Gasteiger partial charge in [-0.05, 0) is 31.0 Å². The van der Waals surface area contributed by atoms with Gasteiger partial charge in [-0.3, -0.25) is 14.4 Å². The van der Waals surface area contributed by atoms with E-state index in [1.54, 1.807) is 13.1 Å². The van der Waals surface area contributed by atoms with Crippen molar-refractivity contribution in [1.82, 2.24) is 5.32 Å². The predicted octanol–water partition coefficient (Wildman–Crippen LogP) is 0.784. The zero-order chi connectivity index (χ0) is 15.0. The summed E-state index contributed by atoms with van der Waals surface area (Å²) in [5.74, 6) is -1.03. The maximum atomic E-state index is 11.8. The van der Waals surface area contributed by atoms with Crippen LogP contribution in [0.15, 0.2) is 18.2 Å². The fourth-order valence-electron chi connectivity index (χ4n) is 2.96. The van der Waals surface area contributed by atoms with E-state index in [1.165, 1.54) is 0 Å². The first-order valence-electron chi connectivity index (χ1n) is 7.06. The summed E-state index contributed by atoms with van der Waals surface area (Å²) in [4.78, 5) is 36.9. The standard InChI is InChI=1S/C15H17N3O3/c1-16-14(20)9-3-2-6-18(8-9)10-4-5-11-12(7-10)17-15(21)13(11)19/h4-5,7,9H,2-3,6,8H2,1H3,(H,16,20)(H,17,19,21). The molecule has 2 aliphatic rings. The van der Waals surface area contributed by atoms with E-state index >= 15 is 0 Å². The van der Waals surface area contributed by atoms with Gasteiger partial charge in [0.15, 0.2) is 0 Å². The second kappa shape index (κ2) is 5.20. The Labute approximate surface area is 122 Å². The molecule has 1 aromatic rings. The van der Waals surface area contributed by atoms with Crippen LogP contribution in [0.4, 0.5) is 11.4 Å². The van der Waals surface area contributed by atoms with Gasteiger partial charge in [0.25, 0.3) is 11.7 Å². The molecule has 0 spiro atoms. The van der Waals surface area contributed by atoms with Crippen molar-refractivity contribution in [3.05, 3.63) is 23.8 Å². The summed E-state index contributed by atoms with van der Waals surface area (Å²) in [6, 6.07) is 5.32. The number of benzene rings is 1. The smallest absolute Gasteiger partial charge is 0.296 e. The Kier molecular flexibility index (Phi) is 3.37. The molecule has 0 aromatic heterocycles. The lowest BCUT2D eigenvalue weighted by atomic mass is 9.96. The van der Waals surface area contributed by atoms with E-state index in [2.05, 4.69) is 15.5 Å². The number of ketones is 1. The van der Waals surface area contributed by atoms with Gasteiger partial charge in [-0.15, -0.1) is 0 Å². The number of nitrogens with zero attached hydrogens (tertiary/aromatic N) is 1. The Morgan fingerprint density at radius 1 is 1.38 bits per heavy atom. The van der Waals surface area contributed by atoms with Crippen LogP contribution < -0.4 is 15.5 Å². The van der Waals surface area contributed by atoms with Gasteiger partial charge in [-0.2, -0.15) is 0 Å². The van der Waals surface area contributed by atoms with Gasteiger partial charge in [0.2, 0.25) is 5.91 Å². The number of anilines is 2. The summed E-state index contributed by atoms with van der Waals surface area (Å²) in [6.07, 6.45) is 1.83. The van der Waals surface area contributed by atoms with Gasteiger partial charge in [-0.25, -0.2) is 0 Å². The Morgan fingerprint density at radius 3 is 2.95 bits per heavy atom. The number of Topliss-reactive ketones (excluding diaryl/α,β-unsaturated/α-hetero) is 1. The van der Waals surface area contributed by atoms with Crippen LogP contribution in [0.1, 0.15) is 23.2 Å². The molecule has 0 bridgehead atoms. The molecule has 1 saturated heterocycles. The summed E-state index contributed by atoms with van der Waals surface area (Å²) in [5, 5.41) is 5.27. The minimum atomic E-state index is -0.580. The van der Waals surface area contributed by atoms with E-state index in [4.69, 9.17) is 0 Å². The molecule has 0 aliphatic carbocycles. The monoisotopic (exact) mass is 287 g/mol. The lowest BCUT2D eigenvalue weighted by Gasteiger charge is -2.33. The molecular weight excluding hydrogens is 270 g/mol. The molecule has 6 heteroatoms. The highest BCUT2D eigenvalue weighted by atomic mass is 16.2. The fourth-order valence-corrected chi connectivity index (χ4v) is 2.96. The van der Waals surface area contributed by atoms with E-state index in [1.807, 2.05) is 12.1 Å². The molecule has 2 aliphatic heterocycles. The SMILES string of the molecule is CNC(=O)C1CCCN(c2ccc3c(c2)NC(=O)C3=O)C1. The van der Waals surface area contributed by atoms with E-state index < -0.39 is 11.7 Å². The van der Waals surface area contributed by atoms with Crippen molar-refractivity contribution in [1.29, 1.82) is 0 Å². The largest absolute Gasteiger partial charge is 0.371 e. The number of carbonyl (C=O) groups is 3. The maximum Gasteiger partial charge on any atom is 0.296 e. The molecular formula is C15H17N3O3. The predicted molar refractivity (Wildman–Crippen MR) is 78.4 cm³/mol. The number of piperidine rings is 1. The summed E-state index contributed by atoms with van der Waals surface area (Å²) in [5.41, 5.74) is 1.91. The van der Waals surface area contributed by atoms with Gasteiger partial charge in [0, 0.05) is 25.8 Å². The first-order chi connectivity index (χ1) is 10.1. The Balaban J connectivity index is 1.82. The molecule has 2 heterocycles. The van der Waals surface area contributed by atoms with Crippen LogP contribution in [0.5, 0.6) is 0 Å². The van der Waals surface area contributed by atoms with Gasteiger partial charge in [-0.1, -0.05) is 0 Å². The molecule has 1 atom stereocenters. The zero-order valence-electron chi connectivity index (χ0n) is 11.8. The second-order valence-corrected chi connectivity index (χ2v) is 5.41. The Bertz CT molecular complexity index is 627. The molecule has 6 nitrogen and oxygen atoms in total. The Hall–Kier alpha value is -2.37. The third kappa shape index (κ3) is 2.37. The van der Waals surface area contributed by atoms with Crippen LogP contribution >= 0.6 is 0 Å². The van der Waals surface area contributed by atoms with Crippen LogP contribution in [0.2, 0.25) is 0 Å². The molecule has 3 rings (SSSR count). The first kappa shape index (κ1) is 13.6. The first-order valence-corrected chi connectivity index (χ1v) is 7.06. The highest BCUT2D eigenvalue weighted by Gasteiger charge is 2.30. The molecule has 1 unspecified atom stereocenters. The molecule has 2 N–H and O–H groups in total. The van der Waals surface area contributed by atoms with Crippen molar-refractivity contribution in [2.75, 3.05) is 30.4 Å². The van der Waals surface area contributed by atoms with Crippen LogP contribution in [0.25, 0.3) is 0 Å². The highest BCUT2D eigenvalue weighted by molar-refractivity contribution is 6.51. The maximum absolute atomic E-state index is 11.8. The van der Waals surface area contributed by atoms with Gasteiger partial charge < -0.3 is 15.5 Å². The summed E-state index contributed by atoms with van der Waals surface area (Å²) in [7, 11) is 1.65. The number of nitrogens with one attached hydrogen (secondary N) is 2. The zero-order valence-corrected chi connectivity index (χ0v) is 11.8. The topological polar surface area (TPSA) is 78.5 Å². The number of hydrogen-bond acceptors (Lipinski definition) is 4. The number of fused-ring (bicyclic) bond motifs is 1. The minimum absolute atomic E-state index is 0.0202. The van der Waals surface area contributed by atoms with Crippen molar-refractivity contribution < 1.29 is 14.4 Å². The van der Waals surface area contributed by atoms with Crippen molar-refractivity contribution >= 4 is 29.0 Å². The summed E-state index contributed by atoms with van der Waals surface area (Å²) >= 11 is 0. The summed E-state index contributed by atoms with van der Waals surface area (Å²) < 4.78 is 0. The van der Waals surface area contributed by atoms with Crippen LogP contribution in [-0.2, 0) is 9.59 Å². The van der Waals surface area contributed by atoms with Crippen molar-refractivity contribution in [3.63, 3.8) is 0 Å². The molecule has 0 saturated carbocycles. The van der Waals surface area contributed by atoms with E-state index in [-0.39, 0.29) is 11.8 Å². The average Bonchev–Trinajstić information content (AvgIpc) is 2.81. The van der Waals surface area contributed by atoms with E-state index in [0.717, 1.165) is 25.1 Å². The molecule has 1 aromatic carbocycles. The quantitative estimate of drug-likeness (QED) is 0.788. The van der Waals surface area contributed by atoms with Crippen molar-refractivity contribution in [2.45, 2.75) is 12.8 Å². The molecule has 2 amide bonds. The fraction of sp³-hybridized carbons (Fsp3) is 0.400. The Morgan fingerprint density at radius 2 is 2.19 bits per heavy atom. The van der Waals surface area contributed by atoms with E-state index in [0.29, 0.717) is 17.8 Å². The average molecular weight is 287 g/mol. The third-order valence-electron chi connectivity index (χ3n) is 4.11. The second-order valence-electron chi connectivity index (χ2n) is 5.41. The van der Waals surface area contributed by atoms with Gasteiger partial charge in [0.1, 0.15) is 0 Å². The molecule has 110 valence electrons. The van der Waals surface area contributed by atoms with Crippen molar-refractivity contribution in [3.8, 4) is 0 Å². The van der Waals surface area contributed by atoms with E-state index in [9.17, 15) is 14.4 Å². The third-order valence-corrected chi connectivity index (χ3v) is 4.11. The normalized spacial score (nSPS) is 21.0.